The summed E-state index contributed by atoms with van der Waals surface area (Å²) >= 11 is 4.25. The topological polar surface area (TPSA) is 30.7 Å². The Hall–Kier alpha value is -0.510. The van der Waals surface area contributed by atoms with Crippen LogP contribution >= 0.6 is 12.6 Å². The highest BCUT2D eigenvalue weighted by Gasteiger charge is 2.16. The van der Waals surface area contributed by atoms with Crippen LogP contribution in [0.2, 0.25) is 0 Å². The number of nitrogens with zero attached hydrogens (tertiary/aromatic N) is 3. The lowest BCUT2D eigenvalue weighted by molar-refractivity contribution is 0.333. The Kier molecular flexibility index (Phi) is 2.54. The lowest BCUT2D eigenvalue weighted by atomic mass is 9.97. The van der Waals surface area contributed by atoms with Gasteiger partial charge >= 0.3 is 0 Å². The normalized spacial score (nSPS) is 11.9. The van der Waals surface area contributed by atoms with Crippen LogP contribution in [0.4, 0.5) is 0 Å². The first kappa shape index (κ1) is 8.59. The zero-order valence-electron chi connectivity index (χ0n) is 6.86. The Labute approximate surface area is 72.2 Å². The fraction of sp³-hybridized carbons (Fsp3) is 0.714. The summed E-state index contributed by atoms with van der Waals surface area (Å²) < 4.78 is 1.83. The van der Waals surface area contributed by atoms with E-state index in [0.717, 1.165) is 12.3 Å². The van der Waals surface area contributed by atoms with Gasteiger partial charge in [0, 0.05) is 6.54 Å². The van der Waals surface area contributed by atoms with Crippen LogP contribution in [0.15, 0.2) is 12.7 Å². The van der Waals surface area contributed by atoms with Crippen LogP contribution in [-0.4, -0.2) is 20.5 Å². The summed E-state index contributed by atoms with van der Waals surface area (Å²) in [4.78, 5) is 3.87. The molecule has 1 aromatic rings. The quantitative estimate of drug-likeness (QED) is 0.693. The van der Waals surface area contributed by atoms with Gasteiger partial charge in [-0.3, -0.25) is 4.68 Å². The molecular formula is C7H13N3S. The maximum absolute atomic E-state index is 4.25. The molecule has 0 atom stereocenters. The zero-order valence-corrected chi connectivity index (χ0v) is 7.75. The molecule has 0 fully saturated rings. The third-order valence-electron chi connectivity index (χ3n) is 1.48. The van der Waals surface area contributed by atoms with Crippen molar-refractivity contribution in [3.63, 3.8) is 0 Å². The molecular weight excluding hydrogens is 158 g/mol. The Morgan fingerprint density at radius 2 is 2.27 bits per heavy atom. The van der Waals surface area contributed by atoms with Gasteiger partial charge in [-0.15, -0.1) is 0 Å². The van der Waals surface area contributed by atoms with E-state index in [1.165, 1.54) is 0 Å². The van der Waals surface area contributed by atoms with E-state index in [2.05, 4.69) is 36.6 Å². The van der Waals surface area contributed by atoms with Gasteiger partial charge in [0.1, 0.15) is 12.7 Å². The van der Waals surface area contributed by atoms with Crippen molar-refractivity contribution in [1.29, 1.82) is 0 Å². The zero-order chi connectivity index (χ0) is 8.32. The van der Waals surface area contributed by atoms with E-state index in [-0.39, 0.29) is 5.41 Å². The van der Waals surface area contributed by atoms with Gasteiger partial charge in [0.25, 0.3) is 0 Å². The molecule has 1 rings (SSSR count). The molecule has 0 aliphatic heterocycles. The third-order valence-corrected chi connectivity index (χ3v) is 2.34. The summed E-state index contributed by atoms with van der Waals surface area (Å²) in [5.74, 6) is 0.854. The van der Waals surface area contributed by atoms with Gasteiger partial charge in [0.05, 0.1) is 0 Å². The SMILES string of the molecule is CC(C)(CS)Cn1cncn1. The Morgan fingerprint density at radius 1 is 1.55 bits per heavy atom. The van der Waals surface area contributed by atoms with E-state index >= 15 is 0 Å². The lowest BCUT2D eigenvalue weighted by Crippen LogP contribution is -2.21. The van der Waals surface area contributed by atoms with E-state index in [0.29, 0.717) is 0 Å². The second-order valence-corrected chi connectivity index (χ2v) is 3.73. The largest absolute Gasteiger partial charge is 0.252 e. The Morgan fingerprint density at radius 3 is 2.73 bits per heavy atom. The lowest BCUT2D eigenvalue weighted by Gasteiger charge is -2.20. The van der Waals surface area contributed by atoms with Crippen LogP contribution in [0.25, 0.3) is 0 Å². The van der Waals surface area contributed by atoms with Crippen LogP contribution in [0.5, 0.6) is 0 Å². The molecule has 0 aliphatic carbocycles. The van der Waals surface area contributed by atoms with Crippen molar-refractivity contribution in [2.45, 2.75) is 20.4 Å². The average molecular weight is 171 g/mol. The van der Waals surface area contributed by atoms with E-state index in [4.69, 9.17) is 0 Å². The van der Waals surface area contributed by atoms with Gasteiger partial charge in [0.15, 0.2) is 0 Å². The highest BCUT2D eigenvalue weighted by atomic mass is 32.1. The molecule has 0 N–H and O–H groups in total. The molecule has 1 aromatic heterocycles. The fourth-order valence-corrected chi connectivity index (χ4v) is 0.903. The summed E-state index contributed by atoms with van der Waals surface area (Å²) in [7, 11) is 0. The average Bonchev–Trinajstić information content (AvgIpc) is 2.39. The van der Waals surface area contributed by atoms with Crippen molar-refractivity contribution < 1.29 is 0 Å². The monoisotopic (exact) mass is 171 g/mol. The first-order valence-electron chi connectivity index (χ1n) is 3.57. The first-order chi connectivity index (χ1) is 5.14. The molecule has 3 nitrogen and oxygen atoms in total. The number of thiol groups is 1. The maximum Gasteiger partial charge on any atom is 0.137 e. The molecule has 0 unspecified atom stereocenters. The molecule has 0 aromatic carbocycles. The van der Waals surface area contributed by atoms with E-state index in [9.17, 15) is 0 Å². The molecule has 0 bridgehead atoms. The minimum Gasteiger partial charge on any atom is -0.252 e. The summed E-state index contributed by atoms with van der Waals surface area (Å²) in [5.41, 5.74) is 0.191. The van der Waals surface area contributed by atoms with Gasteiger partial charge in [-0.05, 0) is 11.2 Å². The van der Waals surface area contributed by atoms with Crippen LogP contribution in [-0.2, 0) is 6.54 Å². The molecule has 62 valence electrons. The van der Waals surface area contributed by atoms with Crippen molar-refractivity contribution in [2.75, 3.05) is 5.75 Å². The van der Waals surface area contributed by atoms with Crippen LogP contribution in [0.3, 0.4) is 0 Å². The van der Waals surface area contributed by atoms with Crippen molar-refractivity contribution in [1.82, 2.24) is 14.8 Å². The fourth-order valence-electron chi connectivity index (χ4n) is 0.803. The predicted octanol–water partition coefficient (Wildman–Crippen LogP) is 1.23. The minimum absolute atomic E-state index is 0.191. The van der Waals surface area contributed by atoms with E-state index in [1.807, 2.05) is 4.68 Å². The molecule has 0 radical (unpaired) electrons. The minimum atomic E-state index is 0.191. The number of rotatable bonds is 3. The van der Waals surface area contributed by atoms with Gasteiger partial charge in [-0.25, -0.2) is 4.98 Å². The first-order valence-corrected chi connectivity index (χ1v) is 4.20. The molecule has 1 heterocycles. The van der Waals surface area contributed by atoms with Crippen molar-refractivity contribution in [2.24, 2.45) is 5.41 Å². The van der Waals surface area contributed by atoms with Crippen LogP contribution in [0.1, 0.15) is 13.8 Å². The summed E-state index contributed by atoms with van der Waals surface area (Å²) in [6.07, 6.45) is 3.28. The Bertz CT molecular complexity index is 205. The standard InChI is InChI=1S/C7H13N3S/c1-7(2,4-11)3-10-6-8-5-9-10/h5-6,11H,3-4H2,1-2H3. The molecule has 0 spiro atoms. The smallest absolute Gasteiger partial charge is 0.137 e. The van der Waals surface area contributed by atoms with E-state index in [1.54, 1.807) is 12.7 Å². The van der Waals surface area contributed by atoms with Gasteiger partial charge in [-0.2, -0.15) is 17.7 Å². The highest BCUT2D eigenvalue weighted by Crippen LogP contribution is 2.18. The number of hydrogen-bond acceptors (Lipinski definition) is 3. The van der Waals surface area contributed by atoms with Crippen molar-refractivity contribution in [3.05, 3.63) is 12.7 Å². The molecule has 0 saturated carbocycles. The van der Waals surface area contributed by atoms with Crippen molar-refractivity contribution >= 4 is 12.6 Å². The second-order valence-electron chi connectivity index (χ2n) is 3.42. The molecule has 0 saturated heterocycles. The highest BCUT2D eigenvalue weighted by molar-refractivity contribution is 7.80. The van der Waals surface area contributed by atoms with Gasteiger partial charge in [-0.1, -0.05) is 13.8 Å². The van der Waals surface area contributed by atoms with E-state index < -0.39 is 0 Å². The van der Waals surface area contributed by atoms with Gasteiger partial charge in [0.2, 0.25) is 0 Å². The van der Waals surface area contributed by atoms with Crippen molar-refractivity contribution in [3.8, 4) is 0 Å². The molecule has 0 amide bonds. The number of hydrogen-bond donors (Lipinski definition) is 1. The summed E-state index contributed by atoms with van der Waals surface area (Å²) in [5, 5.41) is 4.02. The number of aromatic nitrogens is 3. The maximum atomic E-state index is 4.25. The predicted molar refractivity (Wildman–Crippen MR) is 47.7 cm³/mol. The summed E-state index contributed by atoms with van der Waals surface area (Å²) in [6.45, 7) is 5.18. The molecule has 4 heteroatoms. The second kappa shape index (κ2) is 3.26. The van der Waals surface area contributed by atoms with Gasteiger partial charge < -0.3 is 0 Å². The summed E-state index contributed by atoms with van der Waals surface area (Å²) in [6, 6.07) is 0. The Balaban J connectivity index is 2.56. The molecule has 0 aliphatic rings. The van der Waals surface area contributed by atoms with Crippen LogP contribution < -0.4 is 0 Å². The van der Waals surface area contributed by atoms with Crippen LogP contribution in [0, 0.1) is 5.41 Å². The third kappa shape index (κ3) is 2.54. The molecule has 11 heavy (non-hydrogen) atoms.